The zero-order chi connectivity index (χ0) is 50.3. The Balaban J connectivity index is 1.07. The van der Waals surface area contributed by atoms with Gasteiger partial charge < -0.3 is 4.90 Å². The summed E-state index contributed by atoms with van der Waals surface area (Å²) >= 11 is 0. The van der Waals surface area contributed by atoms with Gasteiger partial charge in [-0.2, -0.15) is 0 Å². The van der Waals surface area contributed by atoms with Gasteiger partial charge in [-0.05, 0) is 170 Å². The largest absolute Gasteiger partial charge is 0.310 e. The summed E-state index contributed by atoms with van der Waals surface area (Å²) in [5.74, 6) is 0. The highest BCUT2D eigenvalue weighted by molar-refractivity contribution is 6.00. The molecule has 2 aliphatic carbocycles. The summed E-state index contributed by atoms with van der Waals surface area (Å²) in [5.41, 5.74) is 25.4. The summed E-state index contributed by atoms with van der Waals surface area (Å²) in [6.45, 7) is 14.1. The molecule has 0 atom stereocenters. The predicted molar refractivity (Wildman–Crippen MR) is 314 cm³/mol. The van der Waals surface area contributed by atoms with Crippen LogP contribution in [-0.4, -0.2) is 0 Å². The van der Waals surface area contributed by atoms with E-state index in [4.69, 9.17) is 0 Å². The molecule has 1 nitrogen and oxygen atoms in total. The maximum atomic E-state index is 2.56. The van der Waals surface area contributed by atoms with Crippen molar-refractivity contribution in [2.45, 2.75) is 57.8 Å². The van der Waals surface area contributed by atoms with Crippen LogP contribution in [0.3, 0.4) is 0 Å². The van der Waals surface area contributed by atoms with Gasteiger partial charge in [0.1, 0.15) is 0 Å². The van der Waals surface area contributed by atoms with E-state index in [1.165, 1.54) is 111 Å². The number of hydrogen-bond donors (Lipinski definition) is 0. The molecule has 74 heavy (non-hydrogen) atoms. The van der Waals surface area contributed by atoms with Crippen LogP contribution in [0.25, 0.3) is 77.5 Å². The van der Waals surface area contributed by atoms with E-state index in [0.717, 1.165) is 17.1 Å². The number of hydrogen-bond acceptors (Lipinski definition) is 1. The van der Waals surface area contributed by atoms with Crippen molar-refractivity contribution < 1.29 is 0 Å². The highest BCUT2D eigenvalue weighted by atomic mass is 15.1. The average Bonchev–Trinajstić information content (AvgIpc) is 3.89. The number of rotatable bonds is 7. The van der Waals surface area contributed by atoms with Crippen LogP contribution in [0.15, 0.2) is 249 Å². The Morgan fingerprint density at radius 2 is 0.689 bits per heavy atom. The fourth-order valence-electron chi connectivity index (χ4n) is 12.1. The molecule has 0 amide bonds. The Hall–Kier alpha value is -8.52. The molecule has 11 aromatic rings. The summed E-state index contributed by atoms with van der Waals surface area (Å²) in [5, 5.41) is 2.52. The Kier molecular flexibility index (Phi) is 10.6. The van der Waals surface area contributed by atoms with Crippen molar-refractivity contribution in [1.29, 1.82) is 0 Å². The first-order valence-electron chi connectivity index (χ1n) is 26.2. The molecule has 1 spiro atoms. The third-order valence-electron chi connectivity index (χ3n) is 16.0. The van der Waals surface area contributed by atoms with E-state index in [2.05, 4.69) is 295 Å². The molecule has 0 radical (unpaired) electrons. The minimum atomic E-state index is -0.619. The van der Waals surface area contributed by atoms with Gasteiger partial charge in [0.15, 0.2) is 0 Å². The molecular formula is C73H59N. The van der Waals surface area contributed by atoms with Gasteiger partial charge in [-0.15, -0.1) is 0 Å². The molecule has 2 aliphatic rings. The molecule has 0 fully saturated rings. The zero-order valence-corrected chi connectivity index (χ0v) is 43.1. The van der Waals surface area contributed by atoms with Gasteiger partial charge in [0.2, 0.25) is 0 Å². The first kappa shape index (κ1) is 45.4. The maximum Gasteiger partial charge on any atom is 0.0726 e. The lowest BCUT2D eigenvalue weighted by molar-refractivity contribution is 0.586. The summed E-state index contributed by atoms with van der Waals surface area (Å²) in [4.78, 5) is 2.47. The number of nitrogens with zero attached hydrogens (tertiary/aromatic N) is 1. The Morgan fingerprint density at radius 3 is 1.34 bits per heavy atom. The molecule has 0 saturated heterocycles. The van der Waals surface area contributed by atoms with Gasteiger partial charge in [0.25, 0.3) is 0 Å². The lowest BCUT2D eigenvalue weighted by atomic mass is 9.68. The van der Waals surface area contributed by atoms with Crippen molar-refractivity contribution in [3.8, 4) is 66.8 Å². The van der Waals surface area contributed by atoms with E-state index in [1.54, 1.807) is 0 Å². The molecule has 11 aromatic carbocycles. The SMILES string of the molecule is CC(C)(C)c1ccc2c(c1)C1(c3cc(-c4cccc(-c5cccc6ccccc56)c4)ccc3-c3ccc(N(c4ccc(-c5ccccc5)cc4)c4cccc(-c5ccccc5)c4)cc31)c1cc(C(C)(C)C)ccc1-2. The molecule has 13 rings (SSSR count). The van der Waals surface area contributed by atoms with E-state index in [9.17, 15) is 0 Å². The number of fused-ring (bicyclic) bond motifs is 11. The van der Waals surface area contributed by atoms with Crippen LogP contribution in [0.2, 0.25) is 0 Å². The van der Waals surface area contributed by atoms with Crippen LogP contribution in [0.5, 0.6) is 0 Å². The average molecular weight is 950 g/mol. The Bertz CT molecular complexity index is 3890. The van der Waals surface area contributed by atoms with Gasteiger partial charge >= 0.3 is 0 Å². The van der Waals surface area contributed by atoms with E-state index < -0.39 is 5.41 Å². The van der Waals surface area contributed by atoms with Crippen LogP contribution in [-0.2, 0) is 16.2 Å². The molecule has 0 heterocycles. The van der Waals surface area contributed by atoms with Crippen molar-refractivity contribution in [2.24, 2.45) is 0 Å². The molecule has 0 unspecified atom stereocenters. The molecule has 0 N–H and O–H groups in total. The monoisotopic (exact) mass is 949 g/mol. The van der Waals surface area contributed by atoms with Crippen molar-refractivity contribution in [3.63, 3.8) is 0 Å². The van der Waals surface area contributed by atoms with Crippen LogP contribution >= 0.6 is 0 Å². The standard InChI is InChI=1S/C73H59N/c1-71(2,3)56-33-39-64-65-40-34-57(72(4,5)6)46-69(65)73(68(64)45-56)67-44-54(52-24-15-26-55(42-52)62-29-17-23-51-22-13-14-28-61(51)62)32-38-63(67)66-41-37-60(47-70(66)73)74(58-35-30-50(31-36-58)48-18-9-7-10-19-48)59-27-16-25-53(43-59)49-20-11-8-12-21-49/h7-47H,1-6H3. The van der Waals surface area contributed by atoms with Crippen LogP contribution in [0.1, 0.15) is 74.9 Å². The lowest BCUT2D eigenvalue weighted by Gasteiger charge is -2.34. The molecule has 356 valence electrons. The smallest absolute Gasteiger partial charge is 0.0726 e. The van der Waals surface area contributed by atoms with E-state index >= 15 is 0 Å². The normalized spacial score (nSPS) is 13.1. The molecular weight excluding hydrogens is 891 g/mol. The fourth-order valence-corrected chi connectivity index (χ4v) is 12.1. The van der Waals surface area contributed by atoms with Gasteiger partial charge in [-0.3, -0.25) is 0 Å². The Labute approximate surface area is 437 Å². The van der Waals surface area contributed by atoms with Crippen LogP contribution < -0.4 is 4.90 Å². The molecule has 0 aliphatic heterocycles. The predicted octanol–water partition coefficient (Wildman–Crippen LogP) is 19.9. The summed E-state index contributed by atoms with van der Waals surface area (Å²) in [6, 6.07) is 93.6. The maximum absolute atomic E-state index is 2.56. The second kappa shape index (κ2) is 17.3. The summed E-state index contributed by atoms with van der Waals surface area (Å²) < 4.78 is 0. The van der Waals surface area contributed by atoms with E-state index in [1.807, 2.05) is 0 Å². The quantitative estimate of drug-likeness (QED) is 0.154. The highest BCUT2D eigenvalue weighted by Crippen LogP contribution is 2.64. The molecule has 0 aromatic heterocycles. The fraction of sp³-hybridized carbons (Fsp3) is 0.123. The Morgan fingerprint density at radius 1 is 0.270 bits per heavy atom. The van der Waals surface area contributed by atoms with Crippen molar-refractivity contribution in [3.05, 3.63) is 282 Å². The highest BCUT2D eigenvalue weighted by Gasteiger charge is 2.53. The van der Waals surface area contributed by atoms with E-state index in [-0.39, 0.29) is 10.8 Å². The number of anilines is 3. The van der Waals surface area contributed by atoms with Crippen LogP contribution in [0, 0.1) is 0 Å². The van der Waals surface area contributed by atoms with Gasteiger partial charge in [0.05, 0.1) is 5.41 Å². The molecule has 0 saturated carbocycles. The lowest BCUT2D eigenvalue weighted by Crippen LogP contribution is -2.27. The first-order chi connectivity index (χ1) is 35.9. The first-order valence-corrected chi connectivity index (χ1v) is 26.2. The third-order valence-corrected chi connectivity index (χ3v) is 16.0. The van der Waals surface area contributed by atoms with Crippen molar-refractivity contribution in [2.75, 3.05) is 4.90 Å². The number of benzene rings is 11. The minimum absolute atomic E-state index is 0.0654. The topological polar surface area (TPSA) is 3.24 Å². The van der Waals surface area contributed by atoms with Crippen LogP contribution in [0.4, 0.5) is 17.1 Å². The molecule has 1 heteroatoms. The van der Waals surface area contributed by atoms with Crippen molar-refractivity contribution in [1.82, 2.24) is 0 Å². The minimum Gasteiger partial charge on any atom is -0.310 e. The summed E-state index contributed by atoms with van der Waals surface area (Å²) in [7, 11) is 0. The third kappa shape index (κ3) is 7.44. The zero-order valence-electron chi connectivity index (χ0n) is 43.1. The van der Waals surface area contributed by atoms with Gasteiger partial charge in [-0.25, -0.2) is 0 Å². The van der Waals surface area contributed by atoms with Gasteiger partial charge in [0, 0.05) is 17.1 Å². The van der Waals surface area contributed by atoms with Crippen molar-refractivity contribution >= 4 is 27.8 Å². The second-order valence-electron chi connectivity index (χ2n) is 22.5. The molecule has 0 bridgehead atoms. The van der Waals surface area contributed by atoms with Gasteiger partial charge in [-0.1, -0.05) is 242 Å². The summed E-state index contributed by atoms with van der Waals surface area (Å²) in [6.07, 6.45) is 0. The second-order valence-corrected chi connectivity index (χ2v) is 22.5. The van der Waals surface area contributed by atoms with E-state index in [0.29, 0.717) is 0 Å².